The lowest BCUT2D eigenvalue weighted by molar-refractivity contribution is 0.942. The van der Waals surface area contributed by atoms with Crippen molar-refractivity contribution in [3.05, 3.63) is 41.0 Å². The second kappa shape index (κ2) is 3.50. The number of aromatic nitrogens is 1. The monoisotopic (exact) mass is 250 g/mol. The first-order chi connectivity index (χ1) is 6.68. The number of benzene rings is 1. The quantitative estimate of drug-likeness (QED) is 0.829. The summed E-state index contributed by atoms with van der Waals surface area (Å²) in [6, 6.07) is 10.1. The van der Waals surface area contributed by atoms with E-state index in [1.54, 1.807) is 0 Å². The SMILES string of the molecule is Cn1ccc(-c2cccc(Br)c2)c1N. The number of anilines is 1. The average Bonchev–Trinajstić information content (AvgIpc) is 2.48. The van der Waals surface area contributed by atoms with Gasteiger partial charge in [0.15, 0.2) is 0 Å². The van der Waals surface area contributed by atoms with Crippen molar-refractivity contribution in [2.75, 3.05) is 5.73 Å². The van der Waals surface area contributed by atoms with Gasteiger partial charge in [0.25, 0.3) is 0 Å². The minimum Gasteiger partial charge on any atom is -0.385 e. The molecule has 2 nitrogen and oxygen atoms in total. The predicted molar refractivity (Wildman–Crippen MR) is 63.0 cm³/mol. The average molecular weight is 251 g/mol. The van der Waals surface area contributed by atoms with Crippen LogP contribution >= 0.6 is 15.9 Å². The number of hydrogen-bond acceptors (Lipinski definition) is 1. The smallest absolute Gasteiger partial charge is 0.111 e. The maximum Gasteiger partial charge on any atom is 0.111 e. The number of halogens is 1. The topological polar surface area (TPSA) is 30.9 Å². The minimum atomic E-state index is 0.795. The molecule has 0 radical (unpaired) electrons. The highest BCUT2D eigenvalue weighted by Gasteiger charge is 2.05. The maximum absolute atomic E-state index is 5.93. The zero-order chi connectivity index (χ0) is 10.1. The van der Waals surface area contributed by atoms with Crippen LogP contribution in [0.2, 0.25) is 0 Å². The molecule has 14 heavy (non-hydrogen) atoms. The summed E-state index contributed by atoms with van der Waals surface area (Å²) in [6.45, 7) is 0. The molecule has 0 aliphatic rings. The predicted octanol–water partition coefficient (Wildman–Crippen LogP) is 3.04. The summed E-state index contributed by atoms with van der Waals surface area (Å²) < 4.78 is 2.98. The first-order valence-corrected chi connectivity index (χ1v) is 5.14. The summed E-state index contributed by atoms with van der Waals surface area (Å²) in [5.41, 5.74) is 8.15. The Morgan fingerprint density at radius 2 is 2.07 bits per heavy atom. The highest BCUT2D eigenvalue weighted by atomic mass is 79.9. The van der Waals surface area contributed by atoms with Crippen LogP contribution in [0, 0.1) is 0 Å². The molecule has 0 saturated carbocycles. The zero-order valence-electron chi connectivity index (χ0n) is 7.87. The fourth-order valence-electron chi connectivity index (χ4n) is 1.44. The Morgan fingerprint density at radius 1 is 1.29 bits per heavy atom. The fourth-order valence-corrected chi connectivity index (χ4v) is 1.84. The lowest BCUT2D eigenvalue weighted by Crippen LogP contribution is -1.95. The Balaban J connectivity index is 2.55. The van der Waals surface area contributed by atoms with Crippen LogP contribution < -0.4 is 5.73 Å². The van der Waals surface area contributed by atoms with Gasteiger partial charge in [-0.05, 0) is 23.8 Å². The number of nitrogen functional groups attached to an aromatic ring is 1. The largest absolute Gasteiger partial charge is 0.385 e. The van der Waals surface area contributed by atoms with Crippen LogP contribution in [0.25, 0.3) is 11.1 Å². The van der Waals surface area contributed by atoms with E-state index in [2.05, 4.69) is 28.1 Å². The number of rotatable bonds is 1. The fraction of sp³-hybridized carbons (Fsp3) is 0.0909. The van der Waals surface area contributed by atoms with Crippen LogP contribution in [0.1, 0.15) is 0 Å². The summed E-state index contributed by atoms with van der Waals surface area (Å²) in [5.74, 6) is 0.795. The lowest BCUT2D eigenvalue weighted by atomic mass is 10.1. The molecule has 0 atom stereocenters. The van der Waals surface area contributed by atoms with Crippen molar-refractivity contribution >= 4 is 21.7 Å². The van der Waals surface area contributed by atoms with E-state index in [9.17, 15) is 0 Å². The van der Waals surface area contributed by atoms with Crippen LogP contribution in [0.5, 0.6) is 0 Å². The van der Waals surface area contributed by atoms with Crippen molar-refractivity contribution in [1.29, 1.82) is 0 Å². The molecular formula is C11H11BrN2. The first-order valence-electron chi connectivity index (χ1n) is 4.35. The molecule has 1 aromatic heterocycles. The molecule has 0 aliphatic carbocycles. The van der Waals surface area contributed by atoms with Crippen molar-refractivity contribution in [3.63, 3.8) is 0 Å². The summed E-state index contributed by atoms with van der Waals surface area (Å²) in [7, 11) is 1.94. The Kier molecular flexibility index (Phi) is 2.33. The molecule has 0 saturated heterocycles. The Labute approximate surface area is 91.5 Å². The van der Waals surface area contributed by atoms with E-state index in [-0.39, 0.29) is 0 Å². The maximum atomic E-state index is 5.93. The van der Waals surface area contributed by atoms with Crippen molar-refractivity contribution in [1.82, 2.24) is 4.57 Å². The van der Waals surface area contributed by atoms with Gasteiger partial charge in [0.05, 0.1) is 0 Å². The molecule has 0 bridgehead atoms. The third kappa shape index (κ3) is 1.55. The Hall–Kier alpha value is -1.22. The summed E-state index contributed by atoms with van der Waals surface area (Å²) in [4.78, 5) is 0. The standard InChI is InChI=1S/C11H11BrN2/c1-14-6-5-10(11(14)13)8-3-2-4-9(12)7-8/h2-7H,13H2,1H3. The van der Waals surface area contributed by atoms with Gasteiger partial charge < -0.3 is 10.3 Å². The Morgan fingerprint density at radius 3 is 2.64 bits per heavy atom. The van der Waals surface area contributed by atoms with E-state index in [0.29, 0.717) is 0 Å². The van der Waals surface area contributed by atoms with Crippen LogP contribution in [0.4, 0.5) is 5.82 Å². The molecule has 1 aromatic carbocycles. The van der Waals surface area contributed by atoms with Gasteiger partial charge in [-0.25, -0.2) is 0 Å². The molecule has 3 heteroatoms. The van der Waals surface area contributed by atoms with Gasteiger partial charge in [0, 0.05) is 23.3 Å². The molecular weight excluding hydrogens is 240 g/mol. The summed E-state index contributed by atoms with van der Waals surface area (Å²) >= 11 is 3.44. The lowest BCUT2D eigenvalue weighted by Gasteiger charge is -2.02. The van der Waals surface area contributed by atoms with Crippen LogP contribution in [-0.4, -0.2) is 4.57 Å². The van der Waals surface area contributed by atoms with Crippen molar-refractivity contribution in [3.8, 4) is 11.1 Å². The molecule has 0 fully saturated rings. The third-order valence-corrected chi connectivity index (χ3v) is 2.75. The normalized spacial score (nSPS) is 10.4. The van der Waals surface area contributed by atoms with Crippen LogP contribution in [0.15, 0.2) is 41.0 Å². The van der Waals surface area contributed by atoms with Crippen molar-refractivity contribution in [2.45, 2.75) is 0 Å². The molecule has 72 valence electrons. The van der Waals surface area contributed by atoms with Crippen LogP contribution in [-0.2, 0) is 7.05 Å². The molecule has 0 unspecified atom stereocenters. The van der Waals surface area contributed by atoms with E-state index < -0.39 is 0 Å². The van der Waals surface area contributed by atoms with Gasteiger partial charge in [0.1, 0.15) is 5.82 Å². The van der Waals surface area contributed by atoms with Gasteiger partial charge in [-0.2, -0.15) is 0 Å². The second-order valence-electron chi connectivity index (χ2n) is 3.24. The number of aryl methyl sites for hydroxylation is 1. The number of hydrogen-bond donors (Lipinski definition) is 1. The second-order valence-corrected chi connectivity index (χ2v) is 4.15. The molecule has 2 N–H and O–H groups in total. The molecule has 2 rings (SSSR count). The van der Waals surface area contributed by atoms with Gasteiger partial charge >= 0.3 is 0 Å². The van der Waals surface area contributed by atoms with Crippen molar-refractivity contribution in [2.24, 2.45) is 7.05 Å². The molecule has 0 amide bonds. The van der Waals surface area contributed by atoms with E-state index in [4.69, 9.17) is 5.73 Å². The number of nitrogens with zero attached hydrogens (tertiary/aromatic N) is 1. The van der Waals surface area contributed by atoms with Crippen LogP contribution in [0.3, 0.4) is 0 Å². The van der Waals surface area contributed by atoms with E-state index in [1.807, 2.05) is 36.0 Å². The Bertz CT molecular complexity index is 460. The molecule has 0 spiro atoms. The molecule has 2 aromatic rings. The van der Waals surface area contributed by atoms with Gasteiger partial charge in [0.2, 0.25) is 0 Å². The number of nitrogens with two attached hydrogens (primary N) is 1. The van der Waals surface area contributed by atoms with E-state index in [0.717, 1.165) is 21.4 Å². The van der Waals surface area contributed by atoms with E-state index >= 15 is 0 Å². The highest BCUT2D eigenvalue weighted by molar-refractivity contribution is 9.10. The molecule has 1 heterocycles. The summed E-state index contributed by atoms with van der Waals surface area (Å²) in [5, 5.41) is 0. The molecule has 0 aliphatic heterocycles. The van der Waals surface area contributed by atoms with Crippen molar-refractivity contribution < 1.29 is 0 Å². The van der Waals surface area contributed by atoms with Gasteiger partial charge in [-0.3, -0.25) is 0 Å². The zero-order valence-corrected chi connectivity index (χ0v) is 9.45. The minimum absolute atomic E-state index is 0.795. The van der Waals surface area contributed by atoms with Gasteiger partial charge in [-0.15, -0.1) is 0 Å². The third-order valence-electron chi connectivity index (χ3n) is 2.26. The van der Waals surface area contributed by atoms with E-state index in [1.165, 1.54) is 0 Å². The first kappa shape index (κ1) is 9.34. The van der Waals surface area contributed by atoms with Gasteiger partial charge in [-0.1, -0.05) is 28.1 Å². The highest BCUT2D eigenvalue weighted by Crippen LogP contribution is 2.28. The summed E-state index contributed by atoms with van der Waals surface area (Å²) in [6.07, 6.45) is 1.96.